The standard InChI is InChI=1S/C79H139N5O23/c1-50(57-29-30-58-56-28-27-54-20-7-12-33-78(54,5)59(56)31-34-79(57,58)6)19-17-21-55(88)22-18-40-100-45-46-101-44-32-67(92)83-60(23-8-13-35-80-64(89)24-9-14-41-102-75-51(2)68(93)71(96)61(47-85)105-75)74(99)84(38-36-81-65(90)25-10-15-42-103-76-52(3)69(94)72(97)62(48-86)106-76)39-37-82-66(91)26-11-16-43-104-77-53(4)70(95)73(98)63(49-87)107-77/h50-54,56-63,68-73,75-77,85-87,93-98H,7-49H2,1-6H3,(H,80,89)(H,81,90)(H,82,91)(H,83,92)/t50-,51?,52?,53?,54?,56?,57-,58?,59?,60?,61?,62?,63?,68?,69?,70?,71?,72?,73?,75?,76?,77?,78+,79-/m1/s1. The Hall–Kier alpha value is -3.66. The van der Waals surface area contributed by atoms with Crippen LogP contribution in [-0.2, 0) is 66.7 Å². The average Bonchev–Trinajstić information content (AvgIpc) is 1.66. The fraction of sp³-hybridized carbons (Fsp3) is 0.924. The van der Waals surface area contributed by atoms with Crippen molar-refractivity contribution < 1.29 is 113 Å². The van der Waals surface area contributed by atoms with Crippen molar-refractivity contribution in [2.45, 2.75) is 301 Å². The highest BCUT2D eigenvalue weighted by molar-refractivity contribution is 5.88. The minimum Gasteiger partial charge on any atom is -0.394 e. The number of fused-ring (bicyclic) bond motifs is 5. The van der Waals surface area contributed by atoms with E-state index < -0.39 is 129 Å². The zero-order valence-corrected chi connectivity index (χ0v) is 65.3. The number of unbranched alkanes of at least 4 members (excludes halogenated alkanes) is 4. The fourth-order valence-corrected chi connectivity index (χ4v) is 18.8. The summed E-state index contributed by atoms with van der Waals surface area (Å²) in [5.74, 6) is 1.82. The van der Waals surface area contributed by atoms with E-state index in [0.29, 0.717) is 94.0 Å². The van der Waals surface area contributed by atoms with Gasteiger partial charge < -0.3 is 110 Å². The Balaban J connectivity index is 0.851. The molecule has 5 amide bonds. The maximum absolute atomic E-state index is 14.8. The molecule has 7 rings (SSSR count). The van der Waals surface area contributed by atoms with Gasteiger partial charge in [-0.05, 0) is 168 Å². The fourth-order valence-electron chi connectivity index (χ4n) is 18.8. The molecule has 20 unspecified atom stereocenters. The highest BCUT2D eigenvalue weighted by atomic mass is 16.7. The molecular weight excluding hydrogens is 1390 g/mol. The molecule has 0 spiro atoms. The van der Waals surface area contributed by atoms with Gasteiger partial charge in [0.1, 0.15) is 48.4 Å². The van der Waals surface area contributed by atoms with E-state index in [1.165, 1.54) is 69.1 Å². The number of rotatable bonds is 49. The summed E-state index contributed by atoms with van der Waals surface area (Å²) in [5, 5.41) is 102. The Labute approximate surface area is 635 Å². The van der Waals surface area contributed by atoms with Crippen LogP contribution in [-0.4, -0.2) is 265 Å². The third-order valence-corrected chi connectivity index (χ3v) is 25.4. The molecule has 28 heteroatoms. The van der Waals surface area contributed by atoms with Crippen molar-refractivity contribution >= 4 is 35.3 Å². The predicted molar refractivity (Wildman–Crippen MR) is 395 cm³/mol. The summed E-state index contributed by atoms with van der Waals surface area (Å²) in [6.45, 7) is 13.1. The molecule has 0 radical (unpaired) electrons. The molecule has 24 atom stereocenters. The molecule has 0 aromatic carbocycles. The molecule has 7 aliphatic rings. The number of amides is 5. The van der Waals surface area contributed by atoms with Crippen molar-refractivity contribution in [2.75, 3.05) is 98.8 Å². The molecule has 4 saturated carbocycles. The van der Waals surface area contributed by atoms with E-state index in [2.05, 4.69) is 42.0 Å². The quantitative estimate of drug-likeness (QED) is 0.0379. The Bertz CT molecular complexity index is 2570. The largest absolute Gasteiger partial charge is 0.394 e. The summed E-state index contributed by atoms with van der Waals surface area (Å²) < 4.78 is 46.0. The van der Waals surface area contributed by atoms with Crippen molar-refractivity contribution in [3.8, 4) is 0 Å². The van der Waals surface area contributed by atoms with E-state index >= 15 is 0 Å². The summed E-state index contributed by atoms with van der Waals surface area (Å²) in [6.07, 6.45) is 9.04. The van der Waals surface area contributed by atoms with Gasteiger partial charge in [0, 0.05) is 115 Å². The highest BCUT2D eigenvalue weighted by Crippen LogP contribution is 2.68. The molecule has 0 aromatic heterocycles. The van der Waals surface area contributed by atoms with Crippen LogP contribution in [0.1, 0.15) is 221 Å². The molecule has 28 nitrogen and oxygen atoms in total. The molecule has 3 saturated heterocycles. The van der Waals surface area contributed by atoms with Crippen LogP contribution in [0.4, 0.5) is 0 Å². The molecular formula is C79H139N5O23. The predicted octanol–water partition coefficient (Wildman–Crippen LogP) is 4.23. The van der Waals surface area contributed by atoms with Gasteiger partial charge in [0.2, 0.25) is 29.5 Å². The van der Waals surface area contributed by atoms with Crippen LogP contribution < -0.4 is 21.3 Å². The number of hydrogen-bond acceptors (Lipinski definition) is 23. The molecule has 3 heterocycles. The van der Waals surface area contributed by atoms with Crippen LogP contribution in [0.15, 0.2) is 0 Å². The maximum Gasteiger partial charge on any atom is 0.245 e. The molecule has 618 valence electrons. The zero-order chi connectivity index (χ0) is 77.6. The Morgan fingerprint density at radius 1 is 0.458 bits per heavy atom. The van der Waals surface area contributed by atoms with Crippen LogP contribution in [0.2, 0.25) is 0 Å². The Morgan fingerprint density at radius 2 is 0.944 bits per heavy atom. The SMILES string of the molecule is CC1C(OCCCCC(=O)NCCCCC(NC(=O)CCOCCOCCCC(=O)CCC[C@@H](C)[C@H]2CCC3C4CCC5CCCC[C@]5(C)C4CC[C@@]32C)C(=O)N(CCNC(=O)CCCCOC2OC(CO)C(O)C(O)C2C)CCNC(=O)CCCCOC2OC(CO)C(O)C(O)C2C)OC(CO)C(O)C1O. The monoisotopic (exact) mass is 1530 g/mol. The summed E-state index contributed by atoms with van der Waals surface area (Å²) in [6, 6.07) is -1.05. The van der Waals surface area contributed by atoms with Gasteiger partial charge >= 0.3 is 0 Å². The first kappa shape index (κ1) is 90.5. The molecule has 0 bridgehead atoms. The molecule has 7 fully saturated rings. The summed E-state index contributed by atoms with van der Waals surface area (Å²) >= 11 is 0. The van der Waals surface area contributed by atoms with Crippen LogP contribution in [0.5, 0.6) is 0 Å². The number of nitrogens with zero attached hydrogens (tertiary/aromatic N) is 1. The lowest BCUT2D eigenvalue weighted by molar-refractivity contribution is -0.282. The summed E-state index contributed by atoms with van der Waals surface area (Å²) in [5.41, 5.74) is 0.978. The lowest BCUT2D eigenvalue weighted by atomic mass is 9.44. The zero-order valence-electron chi connectivity index (χ0n) is 65.3. The van der Waals surface area contributed by atoms with E-state index in [-0.39, 0.29) is 128 Å². The Morgan fingerprint density at radius 3 is 1.46 bits per heavy atom. The van der Waals surface area contributed by atoms with Crippen LogP contribution >= 0.6 is 0 Å². The maximum atomic E-state index is 14.8. The number of Topliss-reactive ketones (excluding diaryl/α,β-unsaturated/α-hetero) is 1. The van der Waals surface area contributed by atoms with Crippen molar-refractivity contribution in [3.63, 3.8) is 0 Å². The number of aliphatic hydroxyl groups is 9. The van der Waals surface area contributed by atoms with E-state index in [1.54, 1.807) is 20.8 Å². The molecule has 4 aliphatic carbocycles. The van der Waals surface area contributed by atoms with E-state index in [9.17, 15) is 74.7 Å². The highest BCUT2D eigenvalue weighted by Gasteiger charge is 2.60. The smallest absolute Gasteiger partial charge is 0.245 e. The van der Waals surface area contributed by atoms with Gasteiger partial charge in [-0.25, -0.2) is 0 Å². The van der Waals surface area contributed by atoms with Gasteiger partial charge in [0.15, 0.2) is 18.9 Å². The average molecular weight is 1530 g/mol. The minimum absolute atomic E-state index is 0.00818. The van der Waals surface area contributed by atoms with E-state index in [4.69, 9.17) is 37.9 Å². The number of ketones is 1. The number of hydrogen-bond donors (Lipinski definition) is 13. The third-order valence-electron chi connectivity index (χ3n) is 25.4. The molecule has 13 N–H and O–H groups in total. The van der Waals surface area contributed by atoms with Crippen molar-refractivity contribution in [3.05, 3.63) is 0 Å². The van der Waals surface area contributed by atoms with Crippen molar-refractivity contribution in [1.82, 2.24) is 26.2 Å². The first-order valence-corrected chi connectivity index (χ1v) is 41.1. The van der Waals surface area contributed by atoms with Gasteiger partial charge in [-0.1, -0.05) is 60.8 Å². The molecule has 0 aromatic rings. The second-order valence-corrected chi connectivity index (χ2v) is 32.8. The lowest BCUT2D eigenvalue weighted by Gasteiger charge is -2.61. The normalized spacial score (nSPS) is 34.0. The lowest BCUT2D eigenvalue weighted by Crippen LogP contribution is -2.55. The number of carbonyl (C=O) groups excluding carboxylic acids is 6. The number of carbonyl (C=O) groups is 6. The van der Waals surface area contributed by atoms with Gasteiger partial charge in [-0.15, -0.1) is 0 Å². The molecule has 3 aliphatic heterocycles. The second kappa shape index (κ2) is 46.5. The third kappa shape index (κ3) is 26.7. The van der Waals surface area contributed by atoms with Crippen LogP contribution in [0, 0.1) is 64.1 Å². The van der Waals surface area contributed by atoms with Crippen molar-refractivity contribution in [1.29, 1.82) is 0 Å². The molecule has 107 heavy (non-hydrogen) atoms. The second-order valence-electron chi connectivity index (χ2n) is 32.8. The topological polar surface area (TPSA) is 410 Å². The Kier molecular flexibility index (Phi) is 39.3. The number of aliphatic hydroxyl groups excluding tert-OH is 9. The van der Waals surface area contributed by atoms with Gasteiger partial charge in [0.05, 0.1) is 58.0 Å². The first-order valence-electron chi connectivity index (χ1n) is 41.1. The van der Waals surface area contributed by atoms with Crippen molar-refractivity contribution in [2.24, 2.45) is 64.1 Å². The number of nitrogens with one attached hydrogen (secondary N) is 4. The minimum atomic E-state index is -1.26. The first-order chi connectivity index (χ1) is 51.4. The summed E-state index contributed by atoms with van der Waals surface area (Å²) in [4.78, 5) is 82.4. The summed E-state index contributed by atoms with van der Waals surface area (Å²) in [7, 11) is 0. The van der Waals surface area contributed by atoms with Gasteiger partial charge in [-0.2, -0.15) is 0 Å². The van der Waals surface area contributed by atoms with Crippen LogP contribution in [0.25, 0.3) is 0 Å². The van der Waals surface area contributed by atoms with E-state index in [1.807, 2.05) is 0 Å². The number of ether oxygens (including phenoxy) is 8. The van der Waals surface area contributed by atoms with Gasteiger partial charge in [0.25, 0.3) is 0 Å². The van der Waals surface area contributed by atoms with Crippen LogP contribution in [0.3, 0.4) is 0 Å². The van der Waals surface area contributed by atoms with E-state index in [0.717, 1.165) is 42.4 Å². The van der Waals surface area contributed by atoms with Gasteiger partial charge in [-0.3, -0.25) is 28.8 Å².